The number of aromatic nitrogens is 2. The fraction of sp³-hybridized carbons (Fsp3) is 0.333. The zero-order chi connectivity index (χ0) is 15.9. The first kappa shape index (κ1) is 15.8. The molecule has 0 bridgehead atoms. The molecule has 2 aromatic rings. The predicted octanol–water partition coefficient (Wildman–Crippen LogP) is 2.07. The van der Waals surface area contributed by atoms with Crippen LogP contribution in [-0.4, -0.2) is 40.4 Å². The van der Waals surface area contributed by atoms with Gasteiger partial charge in [0.25, 0.3) is 5.88 Å². The van der Waals surface area contributed by atoms with Gasteiger partial charge in [0.15, 0.2) is 0 Å². The molecule has 0 saturated carbocycles. The standard InChI is InChI=1S/C15H18N4O3/c1-18(2)9-8-13-14(19(20)21)15(17-11-16-13)22-10-12-6-4-3-5-7-12/h3-7,11H,8-10H2,1-2H3. The van der Waals surface area contributed by atoms with Crippen LogP contribution in [0, 0.1) is 10.1 Å². The molecule has 116 valence electrons. The van der Waals surface area contributed by atoms with E-state index in [0.29, 0.717) is 18.7 Å². The molecule has 0 amide bonds. The molecule has 0 aliphatic heterocycles. The Morgan fingerprint density at radius 1 is 1.23 bits per heavy atom. The molecule has 0 radical (unpaired) electrons. The molecule has 7 nitrogen and oxygen atoms in total. The summed E-state index contributed by atoms with van der Waals surface area (Å²) < 4.78 is 5.53. The largest absolute Gasteiger partial charge is 0.468 e. The second-order valence-electron chi connectivity index (χ2n) is 5.06. The molecule has 1 aromatic heterocycles. The first-order chi connectivity index (χ1) is 10.6. The highest BCUT2D eigenvalue weighted by atomic mass is 16.6. The van der Waals surface area contributed by atoms with Crippen molar-refractivity contribution in [1.29, 1.82) is 0 Å². The van der Waals surface area contributed by atoms with Gasteiger partial charge in [-0.15, -0.1) is 0 Å². The third-order valence-corrected chi connectivity index (χ3v) is 3.06. The second-order valence-corrected chi connectivity index (χ2v) is 5.06. The van der Waals surface area contributed by atoms with Gasteiger partial charge in [0, 0.05) is 13.0 Å². The van der Waals surface area contributed by atoms with Crippen molar-refractivity contribution in [3.8, 4) is 5.88 Å². The predicted molar refractivity (Wildman–Crippen MR) is 81.7 cm³/mol. The molecule has 0 fully saturated rings. The summed E-state index contributed by atoms with van der Waals surface area (Å²) in [4.78, 5) is 20.7. The van der Waals surface area contributed by atoms with Gasteiger partial charge in [0.05, 0.1) is 4.92 Å². The highest BCUT2D eigenvalue weighted by molar-refractivity contribution is 5.44. The van der Waals surface area contributed by atoms with E-state index in [1.807, 2.05) is 49.3 Å². The maximum atomic E-state index is 11.3. The van der Waals surface area contributed by atoms with Crippen LogP contribution in [0.15, 0.2) is 36.7 Å². The van der Waals surface area contributed by atoms with Crippen LogP contribution < -0.4 is 4.74 Å². The zero-order valence-corrected chi connectivity index (χ0v) is 12.6. The number of nitro groups is 1. The molecule has 1 aromatic carbocycles. The van der Waals surface area contributed by atoms with Crippen molar-refractivity contribution in [1.82, 2.24) is 14.9 Å². The summed E-state index contributed by atoms with van der Waals surface area (Å²) in [5.41, 5.74) is 1.15. The molecule has 7 heteroatoms. The summed E-state index contributed by atoms with van der Waals surface area (Å²) in [6.07, 6.45) is 1.77. The van der Waals surface area contributed by atoms with Crippen molar-refractivity contribution in [2.24, 2.45) is 0 Å². The maximum Gasteiger partial charge on any atom is 0.352 e. The number of likely N-dealkylation sites (N-methyl/N-ethyl adjacent to an activating group) is 1. The van der Waals surface area contributed by atoms with Gasteiger partial charge in [-0.3, -0.25) is 10.1 Å². The van der Waals surface area contributed by atoms with Gasteiger partial charge in [-0.25, -0.2) is 4.98 Å². The summed E-state index contributed by atoms with van der Waals surface area (Å²) in [7, 11) is 3.81. The van der Waals surface area contributed by atoms with Crippen LogP contribution in [0.3, 0.4) is 0 Å². The number of nitrogens with zero attached hydrogens (tertiary/aromatic N) is 4. The Morgan fingerprint density at radius 2 is 1.95 bits per heavy atom. The van der Waals surface area contributed by atoms with Crippen LogP contribution in [-0.2, 0) is 13.0 Å². The smallest absolute Gasteiger partial charge is 0.352 e. The van der Waals surface area contributed by atoms with Crippen LogP contribution in [0.5, 0.6) is 5.88 Å². The minimum atomic E-state index is -0.481. The van der Waals surface area contributed by atoms with Gasteiger partial charge in [-0.1, -0.05) is 30.3 Å². The third-order valence-electron chi connectivity index (χ3n) is 3.06. The molecule has 0 aliphatic carbocycles. The maximum absolute atomic E-state index is 11.3. The van der Waals surface area contributed by atoms with Crippen molar-refractivity contribution in [2.75, 3.05) is 20.6 Å². The minimum Gasteiger partial charge on any atom is -0.468 e. The lowest BCUT2D eigenvalue weighted by Crippen LogP contribution is -2.17. The van der Waals surface area contributed by atoms with Crippen LogP contribution in [0.1, 0.15) is 11.3 Å². The van der Waals surface area contributed by atoms with Crippen LogP contribution in [0.25, 0.3) is 0 Å². The van der Waals surface area contributed by atoms with Gasteiger partial charge in [-0.2, -0.15) is 4.98 Å². The topological polar surface area (TPSA) is 81.4 Å². The van der Waals surface area contributed by atoms with E-state index in [2.05, 4.69) is 9.97 Å². The van der Waals surface area contributed by atoms with Crippen molar-refractivity contribution in [2.45, 2.75) is 13.0 Å². The summed E-state index contributed by atoms with van der Waals surface area (Å²) >= 11 is 0. The van der Waals surface area contributed by atoms with E-state index in [-0.39, 0.29) is 18.2 Å². The minimum absolute atomic E-state index is 0.0117. The lowest BCUT2D eigenvalue weighted by molar-refractivity contribution is -0.387. The zero-order valence-electron chi connectivity index (χ0n) is 12.6. The summed E-state index contributed by atoms with van der Waals surface area (Å²) in [6.45, 7) is 0.891. The summed E-state index contributed by atoms with van der Waals surface area (Å²) in [5.74, 6) is 0.0117. The number of hydrogen-bond acceptors (Lipinski definition) is 6. The highest BCUT2D eigenvalue weighted by Gasteiger charge is 2.24. The van der Waals surface area contributed by atoms with Crippen LogP contribution in [0.4, 0.5) is 5.69 Å². The number of hydrogen-bond donors (Lipinski definition) is 0. The lowest BCUT2D eigenvalue weighted by Gasteiger charge is -2.10. The normalized spacial score (nSPS) is 10.7. The SMILES string of the molecule is CN(C)CCc1ncnc(OCc2ccccc2)c1[N+](=O)[O-]. The molecule has 1 heterocycles. The molecule has 0 spiro atoms. The van der Waals surface area contributed by atoms with Crippen molar-refractivity contribution < 1.29 is 9.66 Å². The number of benzene rings is 1. The Labute approximate surface area is 128 Å². The van der Waals surface area contributed by atoms with Crippen molar-refractivity contribution >= 4 is 5.69 Å². The van der Waals surface area contributed by atoms with E-state index in [0.717, 1.165) is 5.56 Å². The van der Waals surface area contributed by atoms with Gasteiger partial charge in [-0.05, 0) is 19.7 Å². The molecule has 22 heavy (non-hydrogen) atoms. The molecule has 0 aliphatic rings. The van der Waals surface area contributed by atoms with Gasteiger partial charge >= 0.3 is 5.69 Å². The van der Waals surface area contributed by atoms with E-state index in [4.69, 9.17) is 4.74 Å². The first-order valence-corrected chi connectivity index (χ1v) is 6.87. The van der Waals surface area contributed by atoms with Gasteiger partial charge in [0.2, 0.25) is 0 Å². The average molecular weight is 302 g/mol. The van der Waals surface area contributed by atoms with Gasteiger partial charge in [0.1, 0.15) is 18.6 Å². The highest BCUT2D eigenvalue weighted by Crippen LogP contribution is 2.27. The average Bonchev–Trinajstić information content (AvgIpc) is 2.51. The summed E-state index contributed by atoms with van der Waals surface area (Å²) in [5, 5.41) is 11.3. The number of ether oxygens (including phenoxy) is 1. The fourth-order valence-electron chi connectivity index (χ4n) is 1.92. The van der Waals surface area contributed by atoms with E-state index >= 15 is 0 Å². The molecule has 2 rings (SSSR count). The Bertz CT molecular complexity index is 632. The second kappa shape index (κ2) is 7.46. The first-order valence-electron chi connectivity index (χ1n) is 6.87. The Balaban J connectivity index is 2.19. The lowest BCUT2D eigenvalue weighted by atomic mass is 10.2. The monoisotopic (exact) mass is 302 g/mol. The molecule has 0 atom stereocenters. The van der Waals surface area contributed by atoms with E-state index in [1.165, 1.54) is 6.33 Å². The fourth-order valence-corrected chi connectivity index (χ4v) is 1.92. The number of rotatable bonds is 7. The van der Waals surface area contributed by atoms with Crippen LogP contribution >= 0.6 is 0 Å². The molecule has 0 saturated heterocycles. The molecule has 0 unspecified atom stereocenters. The third kappa shape index (κ3) is 4.23. The molecule has 0 N–H and O–H groups in total. The van der Waals surface area contributed by atoms with E-state index in [1.54, 1.807) is 0 Å². The summed E-state index contributed by atoms with van der Waals surface area (Å²) in [6, 6.07) is 9.45. The van der Waals surface area contributed by atoms with Crippen molar-refractivity contribution in [3.63, 3.8) is 0 Å². The Hall–Kier alpha value is -2.54. The van der Waals surface area contributed by atoms with E-state index < -0.39 is 4.92 Å². The quantitative estimate of drug-likeness (QED) is 0.575. The molecular formula is C15H18N4O3. The molecular weight excluding hydrogens is 284 g/mol. The Kier molecular flexibility index (Phi) is 5.37. The van der Waals surface area contributed by atoms with Crippen molar-refractivity contribution in [3.05, 3.63) is 58.0 Å². The Morgan fingerprint density at radius 3 is 2.59 bits per heavy atom. The van der Waals surface area contributed by atoms with Gasteiger partial charge < -0.3 is 9.64 Å². The van der Waals surface area contributed by atoms with Crippen LogP contribution in [0.2, 0.25) is 0 Å². The van der Waals surface area contributed by atoms with E-state index in [9.17, 15) is 10.1 Å².